The molecule has 34 heavy (non-hydrogen) atoms. The van der Waals surface area contributed by atoms with Crippen molar-refractivity contribution in [3.8, 4) is 0 Å². The lowest BCUT2D eigenvalue weighted by atomic mass is 10.0. The molecule has 1 aromatic carbocycles. The number of halogens is 4. The Morgan fingerprint density at radius 1 is 1.21 bits per heavy atom. The summed E-state index contributed by atoms with van der Waals surface area (Å²) in [7, 11) is 0. The van der Waals surface area contributed by atoms with Crippen LogP contribution >= 0.6 is 11.6 Å². The van der Waals surface area contributed by atoms with Gasteiger partial charge in [-0.25, -0.2) is 4.99 Å². The molecule has 0 radical (unpaired) electrons. The van der Waals surface area contributed by atoms with Crippen LogP contribution in [-0.2, 0) is 0 Å². The normalized spacial score (nSPS) is 19.6. The van der Waals surface area contributed by atoms with E-state index in [4.69, 9.17) is 11.6 Å². The number of hydrogen-bond donors (Lipinski definition) is 1. The number of piperidine rings is 1. The van der Waals surface area contributed by atoms with Crippen LogP contribution in [-0.4, -0.2) is 54.4 Å². The van der Waals surface area contributed by atoms with Crippen LogP contribution in [0.5, 0.6) is 0 Å². The Bertz CT molecular complexity index is 938. The average molecular weight is 495 g/mol. The van der Waals surface area contributed by atoms with Gasteiger partial charge in [0.1, 0.15) is 5.82 Å². The van der Waals surface area contributed by atoms with Gasteiger partial charge in [-0.15, -0.1) is 0 Å². The molecule has 0 aliphatic carbocycles. The van der Waals surface area contributed by atoms with Crippen LogP contribution in [0.3, 0.4) is 0 Å². The number of rotatable bonds is 8. The minimum absolute atomic E-state index is 0.0820. The van der Waals surface area contributed by atoms with Crippen molar-refractivity contribution in [1.29, 1.82) is 0 Å². The van der Waals surface area contributed by atoms with Crippen LogP contribution in [0.15, 0.2) is 64.6 Å². The Balaban J connectivity index is 1.77. The van der Waals surface area contributed by atoms with E-state index in [1.54, 1.807) is 24.3 Å². The molecule has 8 heteroatoms. The molecule has 186 valence electrons. The van der Waals surface area contributed by atoms with Gasteiger partial charge in [-0.2, -0.15) is 13.2 Å². The summed E-state index contributed by atoms with van der Waals surface area (Å²) in [6.07, 6.45) is 4.14. The molecule has 0 aromatic heterocycles. The molecular weight excluding hydrogens is 461 g/mol. The summed E-state index contributed by atoms with van der Waals surface area (Å²) in [5.41, 5.74) is -0.156. The predicted molar refractivity (Wildman–Crippen MR) is 135 cm³/mol. The van der Waals surface area contributed by atoms with Crippen molar-refractivity contribution in [2.45, 2.75) is 58.2 Å². The van der Waals surface area contributed by atoms with E-state index >= 15 is 0 Å². The number of benzene rings is 1. The molecule has 3 rings (SSSR count). The topological polar surface area (TPSA) is 30.9 Å². The van der Waals surface area contributed by atoms with Crippen molar-refractivity contribution in [2.75, 3.05) is 31.5 Å². The van der Waals surface area contributed by atoms with Crippen molar-refractivity contribution in [2.24, 2.45) is 4.99 Å². The lowest BCUT2D eigenvalue weighted by Gasteiger charge is -2.37. The van der Waals surface area contributed by atoms with Crippen molar-refractivity contribution in [1.82, 2.24) is 9.80 Å². The quantitative estimate of drug-likeness (QED) is 0.311. The minimum atomic E-state index is -4.50. The summed E-state index contributed by atoms with van der Waals surface area (Å²) in [5, 5.41) is 3.42. The number of nitrogens with zero attached hydrogens (tertiary/aromatic N) is 3. The van der Waals surface area contributed by atoms with Crippen molar-refractivity contribution in [3.05, 3.63) is 64.6 Å². The van der Waals surface area contributed by atoms with Gasteiger partial charge >= 0.3 is 6.18 Å². The molecular formula is C26H34ClF3N4. The van der Waals surface area contributed by atoms with E-state index < -0.39 is 11.7 Å². The number of aliphatic imine (C=N–C) groups is 1. The zero-order chi connectivity index (χ0) is 24.7. The largest absolute Gasteiger partial charge is 0.413 e. The molecule has 1 N–H and O–H groups in total. The summed E-state index contributed by atoms with van der Waals surface area (Å²) < 4.78 is 40.9. The second-order valence-electron chi connectivity index (χ2n) is 8.84. The highest BCUT2D eigenvalue weighted by atomic mass is 35.5. The fraction of sp³-hybridized carbons (Fsp3) is 0.500. The van der Waals surface area contributed by atoms with Crippen LogP contribution < -0.4 is 5.32 Å². The van der Waals surface area contributed by atoms with Gasteiger partial charge in [-0.05, 0) is 76.4 Å². The summed E-state index contributed by atoms with van der Waals surface area (Å²) in [4.78, 5) is 9.29. The van der Waals surface area contributed by atoms with Crippen LogP contribution in [0.1, 0.15) is 46.0 Å². The molecule has 2 aliphatic heterocycles. The molecule has 1 aromatic rings. The van der Waals surface area contributed by atoms with E-state index in [1.165, 1.54) is 32.1 Å². The molecule has 0 unspecified atom stereocenters. The lowest BCUT2D eigenvalue weighted by molar-refractivity contribution is -0.0916. The Hall–Kier alpha value is -2.25. The van der Waals surface area contributed by atoms with E-state index in [9.17, 15) is 13.2 Å². The van der Waals surface area contributed by atoms with E-state index in [0.29, 0.717) is 22.6 Å². The van der Waals surface area contributed by atoms with Crippen LogP contribution in [0.25, 0.3) is 0 Å². The molecule has 0 saturated carbocycles. The number of hydrogen-bond acceptors (Lipinski definition) is 4. The van der Waals surface area contributed by atoms with E-state index in [1.807, 2.05) is 13.0 Å². The Labute approximate surface area is 205 Å². The van der Waals surface area contributed by atoms with Gasteiger partial charge in [0.2, 0.25) is 0 Å². The first-order valence-electron chi connectivity index (χ1n) is 11.9. The molecule has 2 heterocycles. The Morgan fingerprint density at radius 3 is 2.47 bits per heavy atom. The van der Waals surface area contributed by atoms with Gasteiger partial charge in [0.25, 0.3) is 0 Å². The first kappa shape index (κ1) is 26.4. The van der Waals surface area contributed by atoms with Gasteiger partial charge in [0.05, 0.1) is 0 Å². The second kappa shape index (κ2) is 11.9. The zero-order valence-corrected chi connectivity index (χ0v) is 20.7. The number of nitrogens with one attached hydrogen (secondary N) is 1. The molecule has 0 bridgehead atoms. The number of anilines is 1. The fourth-order valence-corrected chi connectivity index (χ4v) is 4.70. The summed E-state index contributed by atoms with van der Waals surface area (Å²) in [6.45, 7) is 11.0. The molecule has 0 amide bonds. The van der Waals surface area contributed by atoms with Gasteiger partial charge in [0, 0.05) is 52.9 Å². The highest BCUT2D eigenvalue weighted by Crippen LogP contribution is 2.31. The molecule has 0 atom stereocenters. The highest BCUT2D eigenvalue weighted by molar-refractivity contribution is 6.30. The van der Waals surface area contributed by atoms with Gasteiger partial charge in [0.15, 0.2) is 0 Å². The van der Waals surface area contributed by atoms with E-state index in [2.05, 4.69) is 26.7 Å². The molecule has 2 aliphatic rings. The minimum Gasteiger partial charge on any atom is -0.357 e. The summed E-state index contributed by atoms with van der Waals surface area (Å²) in [6, 6.07) is 7.37. The maximum atomic E-state index is 13.6. The third-order valence-electron chi connectivity index (χ3n) is 6.43. The Morgan fingerprint density at radius 2 is 1.88 bits per heavy atom. The maximum Gasteiger partial charge on any atom is 0.413 e. The monoisotopic (exact) mass is 494 g/mol. The van der Waals surface area contributed by atoms with Crippen molar-refractivity contribution < 1.29 is 13.2 Å². The predicted octanol–water partition coefficient (Wildman–Crippen LogP) is 7.03. The summed E-state index contributed by atoms with van der Waals surface area (Å²) in [5.74, 6) is 0.713. The second-order valence-corrected chi connectivity index (χ2v) is 9.28. The first-order chi connectivity index (χ1) is 16.2. The standard InChI is InChI=1S/C26H34ClF3N4/c1-4-8-25(34-15-11-23(12-16-34)33-13-5-6-14-33)31-18-24(19(2)26(28,29)30)20(3)32-22-10-7-9-21(27)17-22/h7-10,17-18,23,32H,3-6,11-16H2,1-2H3/b24-19-,25-8-,31-18-. The zero-order valence-electron chi connectivity index (χ0n) is 20.0. The molecule has 2 fully saturated rings. The van der Waals surface area contributed by atoms with Gasteiger partial charge in [-0.3, -0.25) is 0 Å². The van der Waals surface area contributed by atoms with Gasteiger partial charge < -0.3 is 15.1 Å². The smallest absolute Gasteiger partial charge is 0.357 e. The maximum absolute atomic E-state index is 13.6. The van der Waals surface area contributed by atoms with Crippen LogP contribution in [0.4, 0.5) is 18.9 Å². The third kappa shape index (κ3) is 7.12. The van der Waals surface area contributed by atoms with Crippen molar-refractivity contribution in [3.63, 3.8) is 0 Å². The molecule has 2 saturated heterocycles. The number of allylic oxidation sites excluding steroid dienone is 3. The number of alkyl halides is 3. The Kier molecular flexibility index (Phi) is 9.25. The average Bonchev–Trinajstić information content (AvgIpc) is 3.33. The summed E-state index contributed by atoms with van der Waals surface area (Å²) >= 11 is 6.01. The van der Waals surface area contributed by atoms with Crippen LogP contribution in [0, 0.1) is 0 Å². The van der Waals surface area contributed by atoms with E-state index in [-0.39, 0.29) is 11.3 Å². The third-order valence-corrected chi connectivity index (χ3v) is 6.67. The number of likely N-dealkylation sites (tertiary alicyclic amines) is 2. The SMILES string of the molecule is C=C(Nc1cccc(Cl)c1)C(/C=N\C(=C\CC)N1CCC(N2CCCC2)CC1)=C(/C)C(F)(F)F. The van der Waals surface area contributed by atoms with Crippen molar-refractivity contribution >= 4 is 23.5 Å². The lowest BCUT2D eigenvalue weighted by Crippen LogP contribution is -2.43. The van der Waals surface area contributed by atoms with Crippen LogP contribution in [0.2, 0.25) is 5.02 Å². The fourth-order valence-electron chi connectivity index (χ4n) is 4.51. The van der Waals surface area contributed by atoms with E-state index in [0.717, 1.165) is 39.3 Å². The highest BCUT2D eigenvalue weighted by Gasteiger charge is 2.33. The molecule has 0 spiro atoms. The van der Waals surface area contributed by atoms with Gasteiger partial charge in [-0.1, -0.05) is 31.2 Å². The first-order valence-corrected chi connectivity index (χ1v) is 12.3. The molecule has 4 nitrogen and oxygen atoms in total.